The number of hydrogen-bond donors (Lipinski definition) is 3. The standard InChI is InChI=1S/C26H38N4O5/c1-15(2)13-34-22-18(12-28-30(22)6-5-24(3,4)14-35-23(27)32)21(31)29-20-17-7-16-8-25(10-17)19(20)11-26(25,33)9-16/h5-6,12,15-17,19-20,33H,7-11,13-14H2,1-4H3,(H2,27,32)(H,29,31)/b6-5+/t16?,17?,19?,20-,25?,26+/m1/s1. The van der Waals surface area contributed by atoms with Crippen molar-refractivity contribution in [2.24, 2.45) is 40.2 Å². The molecule has 3 bridgehead atoms. The average molecular weight is 487 g/mol. The molecule has 5 rings (SSSR count). The first-order valence-corrected chi connectivity index (χ1v) is 12.8. The predicted molar refractivity (Wildman–Crippen MR) is 129 cm³/mol. The fourth-order valence-corrected chi connectivity index (χ4v) is 7.34. The Morgan fingerprint density at radius 2 is 2.11 bits per heavy atom. The maximum absolute atomic E-state index is 13.5. The van der Waals surface area contributed by atoms with Crippen LogP contribution < -0.4 is 15.8 Å². The second-order valence-electron chi connectivity index (χ2n) is 12.4. The summed E-state index contributed by atoms with van der Waals surface area (Å²) >= 11 is 0. The average Bonchev–Trinajstić information content (AvgIpc) is 3.31. The molecule has 1 aromatic rings. The Morgan fingerprint density at radius 1 is 1.34 bits per heavy atom. The van der Waals surface area contributed by atoms with Gasteiger partial charge >= 0.3 is 6.09 Å². The maximum atomic E-state index is 13.5. The van der Waals surface area contributed by atoms with Crippen LogP contribution in [-0.2, 0) is 4.74 Å². The number of hydrogen-bond acceptors (Lipinski definition) is 6. The van der Waals surface area contributed by atoms with Gasteiger partial charge in [-0.05, 0) is 55.8 Å². The van der Waals surface area contributed by atoms with Crippen LogP contribution in [0.15, 0.2) is 12.3 Å². The summed E-state index contributed by atoms with van der Waals surface area (Å²) in [7, 11) is 0. The molecule has 192 valence electrons. The number of amides is 2. The third-order valence-electron chi connectivity index (χ3n) is 8.78. The fourth-order valence-electron chi connectivity index (χ4n) is 7.34. The Bertz CT molecular complexity index is 1050. The molecule has 4 saturated carbocycles. The molecular formula is C26H38N4O5. The highest BCUT2D eigenvalue weighted by Crippen LogP contribution is 2.77. The molecule has 0 aliphatic heterocycles. The highest BCUT2D eigenvalue weighted by molar-refractivity contribution is 5.96. The summed E-state index contributed by atoms with van der Waals surface area (Å²) in [6.07, 6.45) is 9.26. The lowest BCUT2D eigenvalue weighted by Crippen LogP contribution is -2.61. The molecule has 1 spiro atoms. The predicted octanol–water partition coefficient (Wildman–Crippen LogP) is 3.18. The van der Waals surface area contributed by atoms with E-state index in [9.17, 15) is 14.7 Å². The molecule has 35 heavy (non-hydrogen) atoms. The van der Waals surface area contributed by atoms with Crippen LogP contribution in [0.5, 0.6) is 5.88 Å². The van der Waals surface area contributed by atoms with Crippen molar-refractivity contribution < 1.29 is 24.2 Å². The van der Waals surface area contributed by atoms with E-state index in [1.54, 1.807) is 17.1 Å². The molecule has 6 atom stereocenters. The second-order valence-corrected chi connectivity index (χ2v) is 12.4. The molecule has 0 radical (unpaired) electrons. The van der Waals surface area contributed by atoms with Gasteiger partial charge in [0.25, 0.3) is 5.91 Å². The zero-order chi connectivity index (χ0) is 25.2. The Hall–Kier alpha value is -2.55. The highest BCUT2D eigenvalue weighted by atomic mass is 16.5. The van der Waals surface area contributed by atoms with Crippen molar-refractivity contribution in [3.63, 3.8) is 0 Å². The molecule has 4 aliphatic rings. The highest BCUT2D eigenvalue weighted by Gasteiger charge is 2.77. The molecule has 9 nitrogen and oxygen atoms in total. The van der Waals surface area contributed by atoms with Gasteiger partial charge in [0.05, 0.1) is 18.4 Å². The first-order chi connectivity index (χ1) is 16.4. The fraction of sp³-hybridized carbons (Fsp3) is 0.731. The molecule has 1 heterocycles. The first kappa shape index (κ1) is 24.2. The van der Waals surface area contributed by atoms with Gasteiger partial charge in [-0.3, -0.25) is 4.79 Å². The minimum atomic E-state index is -0.820. The van der Waals surface area contributed by atoms with Gasteiger partial charge in [0.15, 0.2) is 0 Å². The van der Waals surface area contributed by atoms with Crippen molar-refractivity contribution in [3.8, 4) is 5.88 Å². The number of primary amides is 1. The molecule has 4 aliphatic carbocycles. The van der Waals surface area contributed by atoms with Crippen LogP contribution in [0.25, 0.3) is 6.20 Å². The molecule has 1 aromatic heterocycles. The van der Waals surface area contributed by atoms with E-state index >= 15 is 0 Å². The Kier molecular flexibility index (Phi) is 5.69. The van der Waals surface area contributed by atoms with Gasteiger partial charge in [0.1, 0.15) is 12.2 Å². The zero-order valence-corrected chi connectivity index (χ0v) is 21.1. The van der Waals surface area contributed by atoms with Gasteiger partial charge in [0.2, 0.25) is 5.88 Å². The lowest BCUT2D eigenvalue weighted by molar-refractivity contribution is -0.180. The van der Waals surface area contributed by atoms with Crippen LogP contribution in [0.3, 0.4) is 0 Å². The van der Waals surface area contributed by atoms with Crippen molar-refractivity contribution in [2.45, 2.75) is 71.4 Å². The number of fused-ring (bicyclic) bond motifs is 2. The number of ether oxygens (including phenoxy) is 2. The van der Waals surface area contributed by atoms with Crippen LogP contribution >= 0.6 is 0 Å². The van der Waals surface area contributed by atoms with Crippen LogP contribution in [0, 0.1) is 34.5 Å². The minimum absolute atomic E-state index is 0.0149. The number of carbonyl (C=O) groups is 2. The van der Waals surface area contributed by atoms with Crippen molar-refractivity contribution in [3.05, 3.63) is 17.8 Å². The summed E-state index contributed by atoms with van der Waals surface area (Å²) < 4.78 is 12.5. The summed E-state index contributed by atoms with van der Waals surface area (Å²) in [5, 5.41) is 18.9. The number of carbonyl (C=O) groups excluding carboxylic acids is 2. The van der Waals surface area contributed by atoms with Crippen molar-refractivity contribution in [1.82, 2.24) is 15.1 Å². The summed E-state index contributed by atoms with van der Waals surface area (Å²) in [6.45, 7) is 8.47. The molecule has 0 saturated heterocycles. The van der Waals surface area contributed by atoms with E-state index in [2.05, 4.69) is 10.4 Å². The van der Waals surface area contributed by atoms with Crippen LogP contribution in [0.4, 0.5) is 4.79 Å². The number of nitrogens with zero attached hydrogens (tertiary/aromatic N) is 2. The smallest absolute Gasteiger partial charge is 0.404 e. The third kappa shape index (κ3) is 4.01. The molecule has 4 N–H and O–H groups in total. The quantitative estimate of drug-likeness (QED) is 0.492. The van der Waals surface area contributed by atoms with Crippen molar-refractivity contribution in [1.29, 1.82) is 0 Å². The second kappa shape index (κ2) is 8.25. The summed E-state index contributed by atoms with van der Waals surface area (Å²) in [5.74, 6) is 1.86. The van der Waals surface area contributed by atoms with Crippen molar-refractivity contribution in [2.75, 3.05) is 13.2 Å². The van der Waals surface area contributed by atoms with Gasteiger partial charge in [0, 0.05) is 23.1 Å². The molecule has 9 heteroatoms. The topological polar surface area (TPSA) is 129 Å². The molecule has 0 aromatic carbocycles. The monoisotopic (exact) mass is 486 g/mol. The number of aromatic nitrogens is 2. The largest absolute Gasteiger partial charge is 0.477 e. The minimum Gasteiger partial charge on any atom is -0.477 e. The van der Waals surface area contributed by atoms with E-state index in [-0.39, 0.29) is 29.9 Å². The van der Waals surface area contributed by atoms with Crippen LogP contribution in [0.2, 0.25) is 0 Å². The lowest BCUT2D eigenvalue weighted by atomic mass is 9.52. The summed E-state index contributed by atoms with van der Waals surface area (Å²) in [4.78, 5) is 24.5. The first-order valence-electron chi connectivity index (χ1n) is 12.8. The van der Waals surface area contributed by atoms with E-state index in [1.165, 1.54) is 0 Å². The van der Waals surface area contributed by atoms with Gasteiger partial charge in [-0.2, -0.15) is 5.10 Å². The van der Waals surface area contributed by atoms with E-state index in [0.717, 1.165) is 32.1 Å². The van der Waals surface area contributed by atoms with Gasteiger partial charge in [-0.15, -0.1) is 0 Å². The van der Waals surface area contributed by atoms with Crippen LogP contribution in [-0.4, -0.2) is 51.7 Å². The SMILES string of the molecule is CC(C)COc1c(C(=O)N[C@@H]2C3CC4CC5(C3)C2C[C@@]5(O)C4)cnn1/C=C/C(C)(C)COC(N)=O. The van der Waals surface area contributed by atoms with E-state index in [4.69, 9.17) is 15.2 Å². The van der Waals surface area contributed by atoms with E-state index in [1.807, 2.05) is 33.8 Å². The number of aliphatic hydroxyl groups is 1. The summed E-state index contributed by atoms with van der Waals surface area (Å²) in [6, 6.07) is 0.0924. The molecule has 4 fully saturated rings. The van der Waals surface area contributed by atoms with E-state index in [0.29, 0.717) is 35.8 Å². The number of rotatable bonds is 9. The van der Waals surface area contributed by atoms with Crippen LogP contribution in [0.1, 0.15) is 70.2 Å². The lowest BCUT2D eigenvalue weighted by Gasteiger charge is -2.56. The Labute approximate surface area is 206 Å². The number of nitrogens with one attached hydrogen (secondary N) is 1. The Balaban J connectivity index is 1.34. The Morgan fingerprint density at radius 3 is 2.83 bits per heavy atom. The molecule has 4 unspecified atom stereocenters. The summed E-state index contributed by atoms with van der Waals surface area (Å²) in [5.41, 5.74) is 4.51. The molecule has 2 amide bonds. The number of nitrogens with two attached hydrogens (primary N) is 1. The van der Waals surface area contributed by atoms with Gasteiger partial charge in [-0.25, -0.2) is 9.48 Å². The zero-order valence-electron chi connectivity index (χ0n) is 21.1. The van der Waals surface area contributed by atoms with Gasteiger partial charge in [-0.1, -0.05) is 33.8 Å². The molecular weight excluding hydrogens is 448 g/mol. The maximum Gasteiger partial charge on any atom is 0.404 e. The van der Waals surface area contributed by atoms with Gasteiger partial charge < -0.3 is 25.6 Å². The normalized spacial score (nSPS) is 34.8. The van der Waals surface area contributed by atoms with E-state index < -0.39 is 17.1 Å². The van der Waals surface area contributed by atoms with Crippen molar-refractivity contribution >= 4 is 18.2 Å². The third-order valence-corrected chi connectivity index (χ3v) is 8.78.